The zero-order valence-electron chi connectivity index (χ0n) is 21.8. The van der Waals surface area contributed by atoms with Gasteiger partial charge in [0.2, 0.25) is 0 Å². The van der Waals surface area contributed by atoms with Crippen LogP contribution in [0, 0.1) is 0 Å². The highest BCUT2D eigenvalue weighted by Crippen LogP contribution is 2.19. The number of carboxylic acid groups (broad SMARTS) is 1. The molecule has 1 aromatic carbocycles. The normalized spacial score (nSPS) is 13.1. The van der Waals surface area contributed by atoms with Crippen LogP contribution in [0.15, 0.2) is 85.0 Å². The molecule has 5 nitrogen and oxygen atoms in total. The summed E-state index contributed by atoms with van der Waals surface area (Å²) in [5.41, 5.74) is -0.0437. The van der Waals surface area contributed by atoms with Crippen LogP contribution < -0.4 is 4.74 Å². The third kappa shape index (κ3) is 14.9. The van der Waals surface area contributed by atoms with Gasteiger partial charge in [-0.3, -0.25) is 0 Å². The number of benzene rings is 1. The third-order valence-electron chi connectivity index (χ3n) is 5.20. The molecular formula is C31H42O5. The highest BCUT2D eigenvalue weighted by molar-refractivity contribution is 5.92. The van der Waals surface area contributed by atoms with Crippen molar-refractivity contribution < 1.29 is 24.2 Å². The molecule has 196 valence electrons. The van der Waals surface area contributed by atoms with Crippen LogP contribution in [0.25, 0.3) is 0 Å². The molecule has 36 heavy (non-hydrogen) atoms. The Balaban J connectivity index is 2.13. The van der Waals surface area contributed by atoms with Gasteiger partial charge in [0.15, 0.2) is 6.10 Å². The molecule has 0 saturated carbocycles. The lowest BCUT2D eigenvalue weighted by molar-refractivity contribution is -0.147. The summed E-state index contributed by atoms with van der Waals surface area (Å²) in [5, 5.41) is 9.21. The average Bonchev–Trinajstić information content (AvgIpc) is 2.87. The Labute approximate surface area is 216 Å². The Morgan fingerprint density at radius 1 is 0.806 bits per heavy atom. The number of ether oxygens (including phenoxy) is 2. The quantitative estimate of drug-likeness (QED) is 0.0912. The molecule has 0 aliphatic rings. The number of hydrogen-bond donors (Lipinski definition) is 1. The van der Waals surface area contributed by atoms with Crippen LogP contribution in [0.1, 0.15) is 82.0 Å². The van der Waals surface area contributed by atoms with Gasteiger partial charge in [0.25, 0.3) is 0 Å². The van der Waals surface area contributed by atoms with Crippen molar-refractivity contribution in [2.45, 2.75) is 77.7 Å². The van der Waals surface area contributed by atoms with Gasteiger partial charge in [0, 0.05) is 6.61 Å². The molecule has 1 N–H and O–H groups in total. The zero-order chi connectivity index (χ0) is 26.3. The van der Waals surface area contributed by atoms with Gasteiger partial charge >= 0.3 is 11.9 Å². The number of unbranched alkanes of at least 4 members (excludes halogenated alkanes) is 2. The molecule has 0 aliphatic carbocycles. The van der Waals surface area contributed by atoms with E-state index in [1.807, 2.05) is 6.92 Å². The van der Waals surface area contributed by atoms with Gasteiger partial charge in [-0.15, -0.1) is 0 Å². The maximum atomic E-state index is 12.4. The number of carbonyl (C=O) groups is 2. The van der Waals surface area contributed by atoms with E-state index >= 15 is 0 Å². The largest absolute Gasteiger partial charge is 0.478 e. The second-order valence-electron chi connectivity index (χ2n) is 8.19. The monoisotopic (exact) mass is 494 g/mol. The van der Waals surface area contributed by atoms with Gasteiger partial charge in [-0.1, -0.05) is 86.7 Å². The first-order valence-corrected chi connectivity index (χ1v) is 13.0. The van der Waals surface area contributed by atoms with Crippen LogP contribution in [-0.4, -0.2) is 29.8 Å². The number of rotatable bonds is 19. The number of carbonyl (C=O) groups excluding carboxylic acids is 1. The summed E-state index contributed by atoms with van der Waals surface area (Å²) in [6.07, 6.45) is 29.4. The minimum atomic E-state index is -1.14. The smallest absolute Gasteiger partial charge is 0.340 e. The van der Waals surface area contributed by atoms with Crippen molar-refractivity contribution in [1.82, 2.24) is 0 Å². The predicted molar refractivity (Wildman–Crippen MR) is 147 cm³/mol. The Hall–Kier alpha value is -3.18. The second-order valence-corrected chi connectivity index (χ2v) is 8.19. The highest BCUT2D eigenvalue weighted by atomic mass is 16.6. The number of esters is 1. The molecule has 1 aromatic rings. The fraction of sp³-hybridized carbons (Fsp3) is 0.419. The topological polar surface area (TPSA) is 72.8 Å². The fourth-order valence-corrected chi connectivity index (χ4v) is 3.22. The van der Waals surface area contributed by atoms with Gasteiger partial charge in [-0.05, 0) is 69.9 Å². The van der Waals surface area contributed by atoms with Gasteiger partial charge in [0.05, 0.1) is 0 Å². The van der Waals surface area contributed by atoms with Crippen molar-refractivity contribution in [1.29, 1.82) is 0 Å². The van der Waals surface area contributed by atoms with E-state index in [0.29, 0.717) is 13.0 Å². The maximum absolute atomic E-state index is 12.4. The van der Waals surface area contributed by atoms with Gasteiger partial charge in [-0.25, -0.2) is 9.59 Å². The molecule has 0 aliphatic heterocycles. The molecule has 0 aromatic heterocycles. The van der Waals surface area contributed by atoms with E-state index in [0.717, 1.165) is 51.4 Å². The van der Waals surface area contributed by atoms with Gasteiger partial charge in [0.1, 0.15) is 11.3 Å². The van der Waals surface area contributed by atoms with Crippen molar-refractivity contribution in [3.05, 3.63) is 90.6 Å². The summed E-state index contributed by atoms with van der Waals surface area (Å²) in [6.45, 7) is 4.44. The van der Waals surface area contributed by atoms with Crippen molar-refractivity contribution in [2.24, 2.45) is 0 Å². The number of hydrogen-bond acceptors (Lipinski definition) is 4. The number of carboxylic acids is 1. The summed E-state index contributed by atoms with van der Waals surface area (Å²) in [5.74, 6) is -1.66. The maximum Gasteiger partial charge on any atom is 0.340 e. The predicted octanol–water partition coefficient (Wildman–Crippen LogP) is 8.01. The molecular weight excluding hydrogens is 452 g/mol. The van der Waals surface area contributed by atoms with E-state index < -0.39 is 18.0 Å². The first-order valence-electron chi connectivity index (χ1n) is 13.0. The Morgan fingerprint density at radius 2 is 1.36 bits per heavy atom. The molecule has 0 heterocycles. The first kappa shape index (κ1) is 30.9. The summed E-state index contributed by atoms with van der Waals surface area (Å²) in [7, 11) is 0. The average molecular weight is 495 g/mol. The third-order valence-corrected chi connectivity index (χ3v) is 5.20. The molecule has 0 bridgehead atoms. The lowest BCUT2D eigenvalue weighted by Crippen LogP contribution is -2.29. The molecule has 1 rings (SSSR count). The van der Waals surface area contributed by atoms with E-state index in [1.54, 1.807) is 12.1 Å². The number of para-hydroxylation sites is 1. The van der Waals surface area contributed by atoms with Crippen molar-refractivity contribution >= 4 is 11.9 Å². The van der Waals surface area contributed by atoms with Crippen LogP contribution >= 0.6 is 0 Å². The van der Waals surface area contributed by atoms with E-state index in [4.69, 9.17) is 9.47 Å². The molecule has 1 atom stereocenters. The standard InChI is InChI=1S/C31H42O5/c1-3-5-6-7-8-9-10-11-12-13-14-15-16-17-18-19-20-23-26-35-28(4-2)31(34)36-29-25-22-21-24-27(29)30(32)33/h5-6,8-9,11-12,14-15,17-18,21-22,24-25,28H,3-4,7,10,13,16,19-20,23,26H2,1-2H3,(H,32,33)/t28-/m0/s1. The lowest BCUT2D eigenvalue weighted by atomic mass is 10.2. The Kier molecular flexibility index (Phi) is 18.1. The number of aromatic carboxylic acids is 1. The van der Waals surface area contributed by atoms with E-state index in [9.17, 15) is 14.7 Å². The zero-order valence-corrected chi connectivity index (χ0v) is 21.8. The van der Waals surface area contributed by atoms with Crippen molar-refractivity contribution in [2.75, 3.05) is 6.61 Å². The van der Waals surface area contributed by atoms with E-state index in [2.05, 4.69) is 67.7 Å². The van der Waals surface area contributed by atoms with Crippen molar-refractivity contribution in [3.63, 3.8) is 0 Å². The SMILES string of the molecule is CCC=CCC=CCC=CCC=CCC=CCCCCO[C@@H](CC)C(=O)Oc1ccccc1C(=O)O. The molecule has 0 fully saturated rings. The second kappa shape index (κ2) is 21.1. The van der Waals surface area contributed by atoms with Crippen LogP contribution in [0.3, 0.4) is 0 Å². The summed E-state index contributed by atoms with van der Waals surface area (Å²) < 4.78 is 11.0. The van der Waals surface area contributed by atoms with Gasteiger partial charge in [-0.2, -0.15) is 0 Å². The Morgan fingerprint density at radius 3 is 1.92 bits per heavy atom. The van der Waals surface area contributed by atoms with E-state index in [-0.39, 0.29) is 11.3 Å². The number of allylic oxidation sites excluding steroid dienone is 10. The van der Waals surface area contributed by atoms with E-state index in [1.165, 1.54) is 12.1 Å². The molecule has 0 saturated heterocycles. The van der Waals surface area contributed by atoms with Gasteiger partial charge < -0.3 is 14.6 Å². The summed E-state index contributed by atoms with van der Waals surface area (Å²) >= 11 is 0. The molecule has 0 unspecified atom stereocenters. The van der Waals surface area contributed by atoms with Crippen molar-refractivity contribution in [3.8, 4) is 5.75 Å². The van der Waals surface area contributed by atoms with Crippen LogP contribution in [0.2, 0.25) is 0 Å². The van der Waals surface area contributed by atoms with Crippen LogP contribution in [0.4, 0.5) is 0 Å². The molecule has 0 radical (unpaired) electrons. The fourth-order valence-electron chi connectivity index (χ4n) is 3.22. The lowest BCUT2D eigenvalue weighted by Gasteiger charge is -2.15. The highest BCUT2D eigenvalue weighted by Gasteiger charge is 2.21. The van der Waals surface area contributed by atoms with Crippen LogP contribution in [0.5, 0.6) is 5.75 Å². The Bertz CT molecular complexity index is 892. The van der Waals surface area contributed by atoms with Crippen LogP contribution in [-0.2, 0) is 9.53 Å². The molecule has 0 amide bonds. The first-order chi connectivity index (χ1) is 17.6. The molecule has 0 spiro atoms. The molecule has 5 heteroatoms. The minimum absolute atomic E-state index is 0.0374. The summed E-state index contributed by atoms with van der Waals surface area (Å²) in [4.78, 5) is 23.6. The minimum Gasteiger partial charge on any atom is -0.478 e. The summed E-state index contributed by atoms with van der Waals surface area (Å²) in [6, 6.07) is 6.10.